The molecule has 1 N–H and O–H groups in total. The molecule has 0 aromatic heterocycles. The van der Waals surface area contributed by atoms with Crippen molar-refractivity contribution in [2.45, 2.75) is 25.1 Å². The molecule has 0 unspecified atom stereocenters. The highest BCUT2D eigenvalue weighted by Gasteiger charge is 2.41. The molecule has 0 radical (unpaired) electrons. The van der Waals surface area contributed by atoms with E-state index in [1.165, 1.54) is 5.56 Å². The topological polar surface area (TPSA) is 41.6 Å². The molecule has 2 fully saturated rings. The van der Waals surface area contributed by atoms with Gasteiger partial charge in [0.1, 0.15) is 12.3 Å². The van der Waals surface area contributed by atoms with E-state index < -0.39 is 0 Å². The van der Waals surface area contributed by atoms with Gasteiger partial charge in [0, 0.05) is 32.5 Å². The second kappa shape index (κ2) is 4.71. The van der Waals surface area contributed by atoms with Crippen LogP contribution in [0.15, 0.2) is 30.3 Å². The number of nitrogens with zero attached hydrogens (tertiary/aromatic N) is 1. The highest BCUT2D eigenvalue weighted by molar-refractivity contribution is 5.79. The van der Waals surface area contributed by atoms with Crippen LogP contribution in [-0.2, 0) is 16.1 Å². The maximum atomic E-state index is 11.2. The molecular formula is C14H18N2O2. The molecule has 1 amide bonds. The molecule has 0 bridgehead atoms. The van der Waals surface area contributed by atoms with Gasteiger partial charge in [-0.1, -0.05) is 30.3 Å². The third-order valence-electron chi connectivity index (χ3n) is 3.76. The normalized spacial score (nSPS) is 23.2. The summed E-state index contributed by atoms with van der Waals surface area (Å²) in [7, 11) is 0. The Morgan fingerprint density at radius 2 is 1.94 bits per heavy atom. The lowest BCUT2D eigenvalue weighted by molar-refractivity contribution is -0.119. The van der Waals surface area contributed by atoms with Crippen molar-refractivity contribution in [3.63, 3.8) is 0 Å². The van der Waals surface area contributed by atoms with Crippen molar-refractivity contribution in [3.8, 4) is 0 Å². The third kappa shape index (κ3) is 2.40. The minimum Gasteiger partial charge on any atom is -0.346 e. The minimum absolute atomic E-state index is 0.0199. The summed E-state index contributed by atoms with van der Waals surface area (Å²) < 4.78 is 5.60. The van der Waals surface area contributed by atoms with Crippen LogP contribution in [0.2, 0.25) is 0 Å². The smallest absolute Gasteiger partial charge is 0.248 e. The molecule has 4 nitrogen and oxygen atoms in total. The summed E-state index contributed by atoms with van der Waals surface area (Å²) in [6.45, 7) is 3.13. The van der Waals surface area contributed by atoms with Gasteiger partial charge < -0.3 is 10.1 Å². The molecule has 0 saturated carbocycles. The first-order valence-electron chi connectivity index (χ1n) is 6.47. The van der Waals surface area contributed by atoms with Gasteiger partial charge in [-0.3, -0.25) is 9.69 Å². The summed E-state index contributed by atoms with van der Waals surface area (Å²) in [5, 5.41) is 2.97. The first-order valence-corrected chi connectivity index (χ1v) is 6.47. The van der Waals surface area contributed by atoms with Gasteiger partial charge in [-0.2, -0.15) is 0 Å². The number of piperidine rings is 1. The van der Waals surface area contributed by atoms with E-state index >= 15 is 0 Å². The predicted molar refractivity (Wildman–Crippen MR) is 67.8 cm³/mol. The van der Waals surface area contributed by atoms with Crippen molar-refractivity contribution in [1.29, 1.82) is 0 Å². The number of hydrogen-bond acceptors (Lipinski definition) is 3. The summed E-state index contributed by atoms with van der Waals surface area (Å²) in [6.07, 6.45) is 1.76. The van der Waals surface area contributed by atoms with Crippen LogP contribution in [0.5, 0.6) is 0 Å². The Hall–Kier alpha value is -1.39. The fraction of sp³-hybridized carbons (Fsp3) is 0.500. The number of likely N-dealkylation sites (tertiary alicyclic amines) is 1. The Kier molecular flexibility index (Phi) is 3.06. The monoisotopic (exact) mass is 246 g/mol. The maximum Gasteiger partial charge on any atom is 0.248 e. The summed E-state index contributed by atoms with van der Waals surface area (Å²) in [5.74, 6) is 0.0199. The van der Waals surface area contributed by atoms with Gasteiger partial charge in [0.25, 0.3) is 0 Å². The molecule has 0 aliphatic carbocycles. The van der Waals surface area contributed by atoms with Crippen molar-refractivity contribution >= 4 is 5.91 Å². The first kappa shape index (κ1) is 11.7. The van der Waals surface area contributed by atoms with Crippen molar-refractivity contribution in [2.24, 2.45) is 0 Å². The molecule has 2 aliphatic heterocycles. The molecule has 2 saturated heterocycles. The quantitative estimate of drug-likeness (QED) is 0.850. The SMILES string of the molecule is O=C1COC2(CCN(Cc3ccccc3)CC2)N1. The van der Waals surface area contributed by atoms with Gasteiger partial charge in [0.2, 0.25) is 5.91 Å². The fourth-order valence-electron chi connectivity index (χ4n) is 2.71. The molecule has 1 aromatic rings. The van der Waals surface area contributed by atoms with Crippen LogP contribution in [0.25, 0.3) is 0 Å². The zero-order valence-electron chi connectivity index (χ0n) is 10.4. The third-order valence-corrected chi connectivity index (χ3v) is 3.76. The van der Waals surface area contributed by atoms with Crippen LogP contribution in [0.3, 0.4) is 0 Å². The first-order chi connectivity index (χ1) is 8.76. The molecule has 2 aliphatic rings. The zero-order valence-corrected chi connectivity index (χ0v) is 10.4. The summed E-state index contributed by atoms with van der Waals surface area (Å²) in [6, 6.07) is 10.5. The maximum absolute atomic E-state index is 11.2. The number of amides is 1. The molecule has 1 aromatic carbocycles. The fourth-order valence-corrected chi connectivity index (χ4v) is 2.71. The molecule has 18 heavy (non-hydrogen) atoms. The number of ether oxygens (including phenoxy) is 1. The van der Waals surface area contributed by atoms with E-state index in [-0.39, 0.29) is 18.2 Å². The second-order valence-electron chi connectivity index (χ2n) is 5.09. The average Bonchev–Trinajstić information content (AvgIpc) is 2.75. The van der Waals surface area contributed by atoms with E-state index in [4.69, 9.17) is 4.74 Å². The number of benzene rings is 1. The van der Waals surface area contributed by atoms with Gasteiger partial charge in [-0.25, -0.2) is 0 Å². The molecule has 96 valence electrons. The molecule has 2 heterocycles. The number of rotatable bonds is 2. The summed E-state index contributed by atoms with van der Waals surface area (Å²) >= 11 is 0. The molecular weight excluding hydrogens is 228 g/mol. The Morgan fingerprint density at radius 3 is 2.56 bits per heavy atom. The molecule has 1 spiro atoms. The van der Waals surface area contributed by atoms with E-state index in [1.807, 2.05) is 6.07 Å². The largest absolute Gasteiger partial charge is 0.346 e. The van der Waals surface area contributed by atoms with E-state index in [1.54, 1.807) is 0 Å². The average molecular weight is 246 g/mol. The number of carbonyl (C=O) groups excluding carboxylic acids is 1. The summed E-state index contributed by atoms with van der Waals surface area (Å²) in [4.78, 5) is 13.7. The van der Waals surface area contributed by atoms with Gasteiger partial charge >= 0.3 is 0 Å². The lowest BCUT2D eigenvalue weighted by atomic mass is 10.0. The van der Waals surface area contributed by atoms with E-state index in [0.29, 0.717) is 0 Å². The molecule has 4 heteroatoms. The zero-order chi connectivity index (χ0) is 12.4. The second-order valence-corrected chi connectivity index (χ2v) is 5.09. The Bertz CT molecular complexity index is 425. The highest BCUT2D eigenvalue weighted by atomic mass is 16.5. The van der Waals surface area contributed by atoms with Crippen molar-refractivity contribution in [1.82, 2.24) is 10.2 Å². The standard InChI is InChI=1S/C14H18N2O2/c17-13-11-18-14(15-13)6-8-16(9-7-14)10-12-4-2-1-3-5-12/h1-5H,6-11H2,(H,15,17). The van der Waals surface area contributed by atoms with Gasteiger partial charge in [0.05, 0.1) is 0 Å². The van der Waals surface area contributed by atoms with E-state index in [2.05, 4.69) is 34.5 Å². The van der Waals surface area contributed by atoms with Crippen LogP contribution in [-0.4, -0.2) is 36.2 Å². The number of hydrogen-bond donors (Lipinski definition) is 1. The van der Waals surface area contributed by atoms with Crippen LogP contribution in [0.1, 0.15) is 18.4 Å². The molecule has 0 atom stereocenters. The van der Waals surface area contributed by atoms with Gasteiger partial charge in [0.15, 0.2) is 0 Å². The van der Waals surface area contributed by atoms with Crippen LogP contribution in [0.4, 0.5) is 0 Å². The molecule has 3 rings (SSSR count). The predicted octanol–water partition coefficient (Wildman–Crippen LogP) is 1.13. The van der Waals surface area contributed by atoms with Crippen LogP contribution < -0.4 is 5.32 Å². The van der Waals surface area contributed by atoms with Crippen molar-refractivity contribution in [3.05, 3.63) is 35.9 Å². The highest BCUT2D eigenvalue weighted by Crippen LogP contribution is 2.27. The Morgan fingerprint density at radius 1 is 1.22 bits per heavy atom. The summed E-state index contributed by atoms with van der Waals surface area (Å²) in [5.41, 5.74) is 0.967. The van der Waals surface area contributed by atoms with Gasteiger partial charge in [-0.05, 0) is 5.56 Å². The van der Waals surface area contributed by atoms with E-state index in [0.717, 1.165) is 32.5 Å². The number of nitrogens with one attached hydrogen (secondary N) is 1. The van der Waals surface area contributed by atoms with Crippen molar-refractivity contribution in [2.75, 3.05) is 19.7 Å². The van der Waals surface area contributed by atoms with E-state index in [9.17, 15) is 4.79 Å². The lowest BCUT2D eigenvalue weighted by Crippen LogP contribution is -2.51. The van der Waals surface area contributed by atoms with Crippen LogP contribution in [0, 0.1) is 0 Å². The van der Waals surface area contributed by atoms with Gasteiger partial charge in [-0.15, -0.1) is 0 Å². The van der Waals surface area contributed by atoms with Crippen LogP contribution >= 0.6 is 0 Å². The minimum atomic E-state index is -0.371. The Labute approximate surface area is 107 Å². The van der Waals surface area contributed by atoms with Crippen molar-refractivity contribution < 1.29 is 9.53 Å². The lowest BCUT2D eigenvalue weighted by Gasteiger charge is -2.38. The Balaban J connectivity index is 1.56. The number of carbonyl (C=O) groups is 1.